The van der Waals surface area contributed by atoms with Crippen LogP contribution in [0.2, 0.25) is 0 Å². The molecule has 64 valence electrons. The summed E-state index contributed by atoms with van der Waals surface area (Å²) in [5.74, 6) is 0.591. The van der Waals surface area contributed by atoms with E-state index in [-0.39, 0.29) is 11.9 Å². The monoisotopic (exact) mass is 157 g/mol. The van der Waals surface area contributed by atoms with E-state index in [9.17, 15) is 4.79 Å². The molecule has 0 aliphatic heterocycles. The van der Waals surface area contributed by atoms with Crippen molar-refractivity contribution in [3.63, 3.8) is 0 Å². The maximum absolute atomic E-state index is 11.0. The van der Waals surface area contributed by atoms with Crippen molar-refractivity contribution in [1.29, 1.82) is 0 Å². The Bertz CT molecular complexity index is 147. The highest BCUT2D eigenvalue weighted by atomic mass is 16.5. The average Bonchev–Trinajstić information content (AvgIpc) is 2.50. The lowest BCUT2D eigenvalue weighted by Crippen LogP contribution is -2.15. The minimum atomic E-state index is -0.0686. The molecule has 0 spiro atoms. The third kappa shape index (κ3) is 1.93. The van der Waals surface area contributed by atoms with Crippen molar-refractivity contribution in [2.45, 2.75) is 19.3 Å². The van der Waals surface area contributed by atoms with E-state index in [1.807, 2.05) is 0 Å². The van der Waals surface area contributed by atoms with E-state index in [4.69, 9.17) is 5.73 Å². The second-order valence-corrected chi connectivity index (χ2v) is 3.13. The summed E-state index contributed by atoms with van der Waals surface area (Å²) < 4.78 is 4.65. The number of methoxy groups -OCH3 is 1. The molecule has 0 amide bonds. The quantitative estimate of drug-likeness (QED) is 0.595. The van der Waals surface area contributed by atoms with Crippen molar-refractivity contribution < 1.29 is 9.53 Å². The molecule has 2 atom stereocenters. The van der Waals surface area contributed by atoms with Crippen molar-refractivity contribution in [3.8, 4) is 0 Å². The Kier molecular flexibility index (Phi) is 2.88. The van der Waals surface area contributed by atoms with Crippen LogP contribution in [0.5, 0.6) is 0 Å². The maximum Gasteiger partial charge on any atom is 0.308 e. The number of ether oxygens (including phenoxy) is 1. The average molecular weight is 157 g/mol. The summed E-state index contributed by atoms with van der Waals surface area (Å²) in [6.45, 7) is 0.702. The van der Waals surface area contributed by atoms with Gasteiger partial charge >= 0.3 is 5.97 Å². The standard InChI is InChI=1S/C8H15NO2/c1-11-8(10)7-3-2-6(4-7)5-9/h6-7H,2-5,9H2,1H3/t6-,7-/m0/s1. The van der Waals surface area contributed by atoms with Crippen LogP contribution in [0.15, 0.2) is 0 Å². The van der Waals surface area contributed by atoms with Crippen molar-refractivity contribution in [3.05, 3.63) is 0 Å². The van der Waals surface area contributed by atoms with Gasteiger partial charge in [-0.2, -0.15) is 0 Å². The molecule has 1 aliphatic rings. The van der Waals surface area contributed by atoms with Crippen LogP contribution in [0.1, 0.15) is 19.3 Å². The van der Waals surface area contributed by atoms with Gasteiger partial charge in [0.25, 0.3) is 0 Å². The van der Waals surface area contributed by atoms with Gasteiger partial charge in [-0.25, -0.2) is 0 Å². The van der Waals surface area contributed by atoms with Crippen LogP contribution in [0.3, 0.4) is 0 Å². The van der Waals surface area contributed by atoms with Crippen LogP contribution in [0.25, 0.3) is 0 Å². The molecule has 1 rings (SSSR count). The summed E-state index contributed by atoms with van der Waals surface area (Å²) in [7, 11) is 1.44. The molecule has 1 fully saturated rings. The number of esters is 1. The molecule has 11 heavy (non-hydrogen) atoms. The topological polar surface area (TPSA) is 52.3 Å². The molecule has 0 saturated heterocycles. The van der Waals surface area contributed by atoms with Crippen molar-refractivity contribution in [2.75, 3.05) is 13.7 Å². The van der Waals surface area contributed by atoms with E-state index in [0.29, 0.717) is 12.5 Å². The van der Waals surface area contributed by atoms with E-state index in [1.165, 1.54) is 7.11 Å². The first-order chi connectivity index (χ1) is 5.27. The summed E-state index contributed by atoms with van der Waals surface area (Å²) in [6, 6.07) is 0. The molecule has 1 aliphatic carbocycles. The lowest BCUT2D eigenvalue weighted by atomic mass is 10.1. The van der Waals surface area contributed by atoms with Crippen LogP contribution in [-0.2, 0) is 9.53 Å². The van der Waals surface area contributed by atoms with Gasteiger partial charge in [-0.1, -0.05) is 0 Å². The number of hydrogen-bond acceptors (Lipinski definition) is 3. The SMILES string of the molecule is COC(=O)[C@H]1CC[C@H](CN)C1. The number of hydrogen-bond donors (Lipinski definition) is 1. The van der Waals surface area contributed by atoms with Gasteiger partial charge in [-0.05, 0) is 31.7 Å². The number of carbonyl (C=O) groups is 1. The summed E-state index contributed by atoms with van der Waals surface area (Å²) in [5.41, 5.74) is 5.49. The van der Waals surface area contributed by atoms with Crippen LogP contribution in [-0.4, -0.2) is 19.6 Å². The zero-order valence-corrected chi connectivity index (χ0v) is 6.88. The molecule has 0 aromatic heterocycles. The lowest BCUT2D eigenvalue weighted by Gasteiger charge is -2.06. The van der Waals surface area contributed by atoms with Crippen LogP contribution in [0.4, 0.5) is 0 Å². The zero-order chi connectivity index (χ0) is 8.27. The Hall–Kier alpha value is -0.570. The molecule has 1 saturated carbocycles. The summed E-state index contributed by atoms with van der Waals surface area (Å²) in [6.07, 6.45) is 2.95. The van der Waals surface area contributed by atoms with Gasteiger partial charge in [-0.15, -0.1) is 0 Å². The smallest absolute Gasteiger partial charge is 0.308 e. The molecule has 0 heterocycles. The Morgan fingerprint density at radius 1 is 1.64 bits per heavy atom. The number of carbonyl (C=O) groups excluding carboxylic acids is 1. The molecule has 3 heteroatoms. The largest absolute Gasteiger partial charge is 0.469 e. The van der Waals surface area contributed by atoms with Crippen LogP contribution < -0.4 is 5.73 Å². The van der Waals surface area contributed by atoms with E-state index in [0.717, 1.165) is 19.3 Å². The third-order valence-corrected chi connectivity index (χ3v) is 2.41. The second kappa shape index (κ2) is 3.72. The molecule has 3 nitrogen and oxygen atoms in total. The first-order valence-corrected chi connectivity index (χ1v) is 4.05. The second-order valence-electron chi connectivity index (χ2n) is 3.13. The predicted molar refractivity (Wildman–Crippen MR) is 41.9 cm³/mol. The molecular formula is C8H15NO2. The van der Waals surface area contributed by atoms with E-state index >= 15 is 0 Å². The van der Waals surface area contributed by atoms with Gasteiger partial charge in [-0.3, -0.25) is 4.79 Å². The fourth-order valence-electron chi connectivity index (χ4n) is 1.67. The van der Waals surface area contributed by atoms with Crippen LogP contribution >= 0.6 is 0 Å². The highest BCUT2D eigenvalue weighted by Gasteiger charge is 2.29. The Labute approximate surface area is 66.9 Å². The molecule has 0 bridgehead atoms. The van der Waals surface area contributed by atoms with Gasteiger partial charge in [0.15, 0.2) is 0 Å². The third-order valence-electron chi connectivity index (χ3n) is 2.41. The van der Waals surface area contributed by atoms with Crippen molar-refractivity contribution in [2.24, 2.45) is 17.6 Å². The lowest BCUT2D eigenvalue weighted by molar-refractivity contribution is -0.145. The molecular weight excluding hydrogens is 142 g/mol. The molecule has 0 aromatic rings. The number of nitrogens with two attached hydrogens (primary N) is 1. The van der Waals surface area contributed by atoms with Gasteiger partial charge < -0.3 is 10.5 Å². The normalized spacial score (nSPS) is 30.4. The number of rotatable bonds is 2. The van der Waals surface area contributed by atoms with Crippen molar-refractivity contribution in [1.82, 2.24) is 0 Å². The van der Waals surface area contributed by atoms with Crippen molar-refractivity contribution >= 4 is 5.97 Å². The molecule has 0 unspecified atom stereocenters. The van der Waals surface area contributed by atoms with E-state index < -0.39 is 0 Å². The predicted octanol–water partition coefficient (Wildman–Crippen LogP) is 0.534. The van der Waals surface area contributed by atoms with Gasteiger partial charge in [0.05, 0.1) is 13.0 Å². The molecule has 0 aromatic carbocycles. The fraction of sp³-hybridized carbons (Fsp3) is 0.875. The first kappa shape index (κ1) is 8.53. The minimum Gasteiger partial charge on any atom is -0.469 e. The Morgan fingerprint density at radius 2 is 2.36 bits per heavy atom. The highest BCUT2D eigenvalue weighted by molar-refractivity contribution is 5.72. The van der Waals surface area contributed by atoms with Gasteiger partial charge in [0.2, 0.25) is 0 Å². The summed E-state index contributed by atoms with van der Waals surface area (Å²) in [5, 5.41) is 0. The molecule has 0 radical (unpaired) electrons. The Balaban J connectivity index is 2.35. The van der Waals surface area contributed by atoms with Gasteiger partial charge in [0, 0.05) is 0 Å². The van der Waals surface area contributed by atoms with Gasteiger partial charge in [0.1, 0.15) is 0 Å². The molecule has 2 N–H and O–H groups in total. The highest BCUT2D eigenvalue weighted by Crippen LogP contribution is 2.30. The van der Waals surface area contributed by atoms with E-state index in [1.54, 1.807) is 0 Å². The Morgan fingerprint density at radius 3 is 2.82 bits per heavy atom. The minimum absolute atomic E-state index is 0.0686. The fourth-order valence-corrected chi connectivity index (χ4v) is 1.67. The van der Waals surface area contributed by atoms with Crippen LogP contribution in [0, 0.1) is 11.8 Å². The summed E-state index contributed by atoms with van der Waals surface area (Å²) >= 11 is 0. The zero-order valence-electron chi connectivity index (χ0n) is 6.88. The first-order valence-electron chi connectivity index (χ1n) is 4.05. The van der Waals surface area contributed by atoms with E-state index in [2.05, 4.69) is 4.74 Å². The maximum atomic E-state index is 11.0. The summed E-state index contributed by atoms with van der Waals surface area (Å²) in [4.78, 5) is 11.0.